The number of aliphatic hydroxyl groups excluding tert-OH is 4. The fraction of sp³-hybridized carbons (Fsp3) is 0.280. The van der Waals surface area contributed by atoms with Gasteiger partial charge in [-0.3, -0.25) is 9.97 Å². The molecule has 0 amide bonds. The summed E-state index contributed by atoms with van der Waals surface area (Å²) in [5.41, 5.74) is 8.76. The molecule has 24 N–H and O–H groups in total. The average molecular weight is 1060 g/mol. The first-order valence-electron chi connectivity index (χ1n) is 20.7. The van der Waals surface area contributed by atoms with Gasteiger partial charge in [-0.05, 0) is 73.2 Å². The number of nitrogens with zero attached hydrogens (tertiary/aromatic N) is 2. The number of halogens is 2. The van der Waals surface area contributed by atoms with Crippen molar-refractivity contribution in [2.24, 2.45) is 0 Å². The number of carboxylic acid groups (broad SMARTS) is 2. The van der Waals surface area contributed by atoms with Crippen molar-refractivity contribution in [3.05, 3.63) is 143 Å². The quantitative estimate of drug-likeness (QED) is 0.0754. The molecule has 2 aromatic heterocycles. The van der Waals surface area contributed by atoms with Gasteiger partial charge in [0, 0.05) is 82.5 Å². The van der Waals surface area contributed by atoms with E-state index in [1.807, 2.05) is 48.5 Å². The summed E-state index contributed by atoms with van der Waals surface area (Å²) in [6.45, 7) is 0. The SMILES string of the molecule is O.O.O.O.O.O.O.O.O.O.O=C([O-])C[C@H](O)C[C@H](O)/C=C/c1c(C2CC2)nc2ccccc2c1-c1ccc(F)cc1.O=C([O-])C[C@H](O)C[C@H](O)/C=C/c1c(C2CC2)nc2ccccc2c1-c1ccc(F)cc1.[Ca+2]. The summed E-state index contributed by atoms with van der Waals surface area (Å²) in [5, 5.41) is 63.3. The molecule has 73 heavy (non-hydrogen) atoms. The van der Waals surface area contributed by atoms with Gasteiger partial charge in [-0.25, -0.2) is 8.78 Å². The molecule has 400 valence electrons. The third-order valence-corrected chi connectivity index (χ3v) is 10.9. The van der Waals surface area contributed by atoms with Gasteiger partial charge in [0.05, 0.1) is 46.8 Å². The van der Waals surface area contributed by atoms with Crippen LogP contribution >= 0.6 is 0 Å². The molecule has 0 spiro atoms. The molecule has 0 aliphatic heterocycles. The third kappa shape index (κ3) is 20.5. The molecule has 2 aliphatic rings. The van der Waals surface area contributed by atoms with Gasteiger partial charge in [0.1, 0.15) is 11.6 Å². The second kappa shape index (κ2) is 35.0. The van der Waals surface area contributed by atoms with E-state index in [4.69, 9.17) is 9.97 Å². The first-order chi connectivity index (χ1) is 29.8. The van der Waals surface area contributed by atoms with Gasteiger partial charge in [-0.15, -0.1) is 0 Å². The summed E-state index contributed by atoms with van der Waals surface area (Å²) in [7, 11) is 0. The largest absolute Gasteiger partial charge is 2.00 e. The van der Waals surface area contributed by atoms with Crippen LogP contribution in [0.25, 0.3) is 56.2 Å². The summed E-state index contributed by atoms with van der Waals surface area (Å²) in [6, 6.07) is 28.1. The molecule has 23 heteroatoms. The van der Waals surface area contributed by atoms with Crippen molar-refractivity contribution in [2.75, 3.05) is 0 Å². The van der Waals surface area contributed by atoms with Crippen LogP contribution in [0.5, 0.6) is 0 Å². The minimum absolute atomic E-state index is 0. The topological polar surface area (TPSA) is 502 Å². The summed E-state index contributed by atoms with van der Waals surface area (Å²) >= 11 is 0. The Hall–Kier alpha value is -5.32. The summed E-state index contributed by atoms with van der Waals surface area (Å²) in [4.78, 5) is 31.0. The number of aliphatic hydroxyl groups is 4. The zero-order valence-electron chi connectivity index (χ0n) is 39.4. The van der Waals surface area contributed by atoms with Crippen molar-refractivity contribution in [1.82, 2.24) is 9.97 Å². The van der Waals surface area contributed by atoms with Crippen molar-refractivity contribution in [3.8, 4) is 22.3 Å². The van der Waals surface area contributed by atoms with Crippen molar-refractivity contribution < 1.29 is 104 Å². The minimum atomic E-state index is -1.36. The van der Waals surface area contributed by atoms with Gasteiger partial charge in [0.2, 0.25) is 0 Å². The molecule has 6 aromatic rings. The van der Waals surface area contributed by atoms with Crippen LogP contribution in [-0.2, 0) is 9.59 Å². The van der Waals surface area contributed by atoms with Crippen LogP contribution in [-0.4, -0.2) is 159 Å². The molecule has 2 aliphatic carbocycles. The Labute approximate surface area is 448 Å². The molecule has 0 radical (unpaired) electrons. The second-order valence-electron chi connectivity index (χ2n) is 16.0. The smallest absolute Gasteiger partial charge is 0.550 e. The Morgan fingerprint density at radius 3 is 1.11 bits per heavy atom. The molecular formula is C50H66CaF2N2O18. The predicted molar refractivity (Wildman–Crippen MR) is 271 cm³/mol. The summed E-state index contributed by atoms with van der Waals surface area (Å²) in [5.74, 6) is -2.72. The fourth-order valence-corrected chi connectivity index (χ4v) is 7.70. The van der Waals surface area contributed by atoms with Crippen LogP contribution in [0.15, 0.2) is 109 Å². The molecule has 4 aromatic carbocycles. The summed E-state index contributed by atoms with van der Waals surface area (Å²) in [6.07, 6.45) is 5.02. The molecule has 20 nitrogen and oxygen atoms in total. The van der Waals surface area contributed by atoms with Crippen molar-refractivity contribution in [1.29, 1.82) is 0 Å². The number of carbonyl (C=O) groups excluding carboxylic acids is 2. The zero-order chi connectivity index (χ0) is 43.9. The maximum Gasteiger partial charge on any atom is 2.00 e. The molecule has 2 fully saturated rings. The van der Waals surface area contributed by atoms with E-state index >= 15 is 0 Å². The van der Waals surface area contributed by atoms with E-state index in [1.165, 1.54) is 24.3 Å². The average Bonchev–Trinajstić information content (AvgIpc) is 4.17. The molecule has 0 bridgehead atoms. The van der Waals surface area contributed by atoms with Gasteiger partial charge in [0.15, 0.2) is 0 Å². The molecule has 2 saturated carbocycles. The number of para-hydroxylation sites is 2. The molecule has 0 unspecified atom stereocenters. The molecule has 8 rings (SSSR count). The number of pyridine rings is 2. The van der Waals surface area contributed by atoms with Crippen LogP contribution in [0.3, 0.4) is 0 Å². The predicted octanol–water partition coefficient (Wildman–Crippen LogP) is -2.26. The number of aromatic nitrogens is 2. The molecular weight excluding hydrogens is 995 g/mol. The van der Waals surface area contributed by atoms with Gasteiger partial charge in [0.25, 0.3) is 0 Å². The Morgan fingerprint density at radius 2 is 0.822 bits per heavy atom. The first-order valence-corrected chi connectivity index (χ1v) is 20.7. The number of carboxylic acids is 2. The standard InChI is InChI=1S/2C25H24FNO4.Ca.10H2O/c2*26-17-9-7-15(8-10-17)24-20-3-1-2-4-22(20)27-25(16-5-6-16)21(24)12-11-18(28)13-19(29)14-23(30)31;;;;;;;;;;;/h2*1-4,7-12,16,18-19,28-29H,5-6,13-14H2,(H,30,31);;10*1H2/q;;+2;;;;;;;;;;/p-2/b2*12-11+;;;;;;;;;;;/t2*18-,19-;;;;;;;;;;;/m11.........../s1. The van der Waals surface area contributed by atoms with Gasteiger partial charge >= 0.3 is 37.7 Å². The second-order valence-corrected chi connectivity index (χ2v) is 16.0. The number of fused-ring (bicyclic) bond motifs is 2. The van der Waals surface area contributed by atoms with Gasteiger partial charge in [-0.1, -0.05) is 85.0 Å². The monoisotopic (exact) mass is 1060 g/mol. The molecule has 0 saturated heterocycles. The number of aliphatic carboxylic acids is 2. The van der Waals surface area contributed by atoms with Crippen LogP contribution in [0.2, 0.25) is 0 Å². The van der Waals surface area contributed by atoms with Crippen LogP contribution < -0.4 is 10.2 Å². The first kappa shape index (κ1) is 76.6. The number of benzene rings is 4. The van der Waals surface area contributed by atoms with Crippen LogP contribution in [0, 0.1) is 11.6 Å². The van der Waals surface area contributed by atoms with Gasteiger partial charge < -0.3 is 95.0 Å². The Morgan fingerprint density at radius 1 is 0.521 bits per heavy atom. The van der Waals surface area contributed by atoms with E-state index in [2.05, 4.69) is 0 Å². The molecule has 2 heterocycles. The van der Waals surface area contributed by atoms with E-state index in [-0.39, 0.29) is 117 Å². The zero-order valence-corrected chi connectivity index (χ0v) is 41.7. The van der Waals surface area contributed by atoms with Crippen LogP contribution in [0.4, 0.5) is 8.78 Å². The minimum Gasteiger partial charge on any atom is -0.550 e. The van der Waals surface area contributed by atoms with Crippen molar-refractivity contribution in [3.63, 3.8) is 0 Å². The summed E-state index contributed by atoms with van der Waals surface area (Å²) < 4.78 is 27.1. The fourth-order valence-electron chi connectivity index (χ4n) is 7.70. The number of hydrogen-bond donors (Lipinski definition) is 4. The molecule has 4 atom stereocenters. The van der Waals surface area contributed by atoms with E-state index < -0.39 is 49.2 Å². The van der Waals surface area contributed by atoms with E-state index in [0.29, 0.717) is 11.8 Å². The maximum atomic E-state index is 13.6. The Balaban J connectivity index is -0.000000367. The van der Waals surface area contributed by atoms with E-state index in [0.717, 1.165) is 92.3 Å². The third-order valence-electron chi connectivity index (χ3n) is 10.9. The maximum absolute atomic E-state index is 13.6. The normalized spacial score (nSPS) is 13.6. The van der Waals surface area contributed by atoms with E-state index in [1.54, 1.807) is 48.6 Å². The van der Waals surface area contributed by atoms with Crippen molar-refractivity contribution in [2.45, 2.75) is 87.6 Å². The number of rotatable bonds is 16. The Bertz CT molecular complexity index is 2460. The van der Waals surface area contributed by atoms with Gasteiger partial charge in [-0.2, -0.15) is 0 Å². The van der Waals surface area contributed by atoms with Crippen molar-refractivity contribution >= 4 is 83.6 Å². The Kier molecular flexibility index (Phi) is 36.7. The van der Waals surface area contributed by atoms with E-state index in [9.17, 15) is 49.0 Å². The number of hydrogen-bond acceptors (Lipinski definition) is 10. The van der Waals surface area contributed by atoms with Crippen LogP contribution in [0.1, 0.15) is 85.7 Å². The number of carbonyl (C=O) groups is 2.